The van der Waals surface area contributed by atoms with Crippen LogP contribution in [0.15, 0.2) is 53.3 Å². The van der Waals surface area contributed by atoms with Gasteiger partial charge in [0.15, 0.2) is 0 Å². The van der Waals surface area contributed by atoms with Crippen molar-refractivity contribution in [2.75, 3.05) is 11.1 Å². The zero-order valence-electron chi connectivity index (χ0n) is 13.0. The van der Waals surface area contributed by atoms with E-state index in [9.17, 15) is 4.79 Å². The maximum absolute atomic E-state index is 12.1. The molecule has 3 rings (SSSR count). The maximum Gasteiger partial charge on any atom is 0.260 e. The number of para-hydroxylation sites is 1. The van der Waals surface area contributed by atoms with E-state index in [2.05, 4.69) is 34.3 Å². The lowest BCUT2D eigenvalue weighted by atomic mass is 10.2. The summed E-state index contributed by atoms with van der Waals surface area (Å²) in [5, 5.41) is 3.76. The lowest BCUT2D eigenvalue weighted by Gasteiger charge is -2.07. The van der Waals surface area contributed by atoms with Gasteiger partial charge in [-0.3, -0.25) is 9.78 Å². The monoisotopic (exact) mass is 325 g/mol. The molecule has 118 valence electrons. The van der Waals surface area contributed by atoms with Crippen molar-refractivity contribution >= 4 is 34.3 Å². The minimum Gasteiger partial charge on any atom is -0.326 e. The SMILES string of the molecule is CCCSCc1ccc(Nc2nc3ccccc3c(=O)[nH]2)cc1. The standard InChI is InChI=1S/C18H19N3OS/c1-2-11-23-12-13-7-9-14(10-8-13)19-18-20-16-6-4-3-5-15(16)17(22)21-18/h3-10H,2,11-12H2,1H3,(H2,19,20,21,22). The molecule has 3 aromatic rings. The largest absolute Gasteiger partial charge is 0.326 e. The average Bonchev–Trinajstić information content (AvgIpc) is 2.57. The molecule has 0 amide bonds. The Labute approximate surface area is 139 Å². The Kier molecular flexibility index (Phi) is 4.98. The molecule has 2 aromatic carbocycles. The highest BCUT2D eigenvalue weighted by atomic mass is 32.2. The summed E-state index contributed by atoms with van der Waals surface area (Å²) in [6, 6.07) is 15.5. The Morgan fingerprint density at radius 2 is 1.91 bits per heavy atom. The quantitative estimate of drug-likeness (QED) is 0.663. The first-order valence-electron chi connectivity index (χ1n) is 7.69. The molecular weight excluding hydrogens is 306 g/mol. The van der Waals surface area contributed by atoms with Gasteiger partial charge < -0.3 is 5.32 Å². The Hall–Kier alpha value is -2.27. The number of nitrogens with one attached hydrogen (secondary N) is 2. The van der Waals surface area contributed by atoms with Crippen molar-refractivity contribution in [3.05, 3.63) is 64.4 Å². The topological polar surface area (TPSA) is 57.8 Å². The summed E-state index contributed by atoms with van der Waals surface area (Å²) in [4.78, 5) is 19.3. The predicted molar refractivity (Wildman–Crippen MR) is 98.5 cm³/mol. The molecule has 0 aliphatic carbocycles. The van der Waals surface area contributed by atoms with Crippen molar-refractivity contribution in [1.29, 1.82) is 0 Å². The molecular formula is C18H19N3OS. The van der Waals surface area contributed by atoms with Gasteiger partial charge >= 0.3 is 0 Å². The smallest absolute Gasteiger partial charge is 0.260 e. The van der Waals surface area contributed by atoms with Gasteiger partial charge in [-0.1, -0.05) is 31.2 Å². The van der Waals surface area contributed by atoms with Crippen LogP contribution in [0.1, 0.15) is 18.9 Å². The maximum atomic E-state index is 12.1. The molecule has 0 fully saturated rings. The van der Waals surface area contributed by atoms with Gasteiger partial charge in [-0.05, 0) is 42.0 Å². The molecule has 0 aliphatic heterocycles. The van der Waals surface area contributed by atoms with E-state index < -0.39 is 0 Å². The van der Waals surface area contributed by atoms with Crippen molar-refractivity contribution in [3.63, 3.8) is 0 Å². The van der Waals surface area contributed by atoms with E-state index >= 15 is 0 Å². The highest BCUT2D eigenvalue weighted by Crippen LogP contribution is 2.18. The van der Waals surface area contributed by atoms with E-state index in [1.807, 2.05) is 42.1 Å². The number of fused-ring (bicyclic) bond motifs is 1. The number of thioether (sulfide) groups is 1. The minimum atomic E-state index is -0.134. The molecule has 0 atom stereocenters. The normalized spacial score (nSPS) is 10.8. The van der Waals surface area contributed by atoms with Crippen LogP contribution in [0.4, 0.5) is 11.6 Å². The number of hydrogen-bond acceptors (Lipinski definition) is 4. The third-order valence-electron chi connectivity index (χ3n) is 3.45. The highest BCUT2D eigenvalue weighted by molar-refractivity contribution is 7.98. The summed E-state index contributed by atoms with van der Waals surface area (Å²) >= 11 is 1.94. The molecule has 0 aliphatic rings. The van der Waals surface area contributed by atoms with Crippen molar-refractivity contribution in [2.24, 2.45) is 0 Å². The van der Waals surface area contributed by atoms with Gasteiger partial charge in [0.05, 0.1) is 10.9 Å². The highest BCUT2D eigenvalue weighted by Gasteiger charge is 2.03. The second-order valence-corrected chi connectivity index (χ2v) is 6.41. The molecule has 0 saturated heterocycles. The molecule has 0 unspecified atom stereocenters. The number of anilines is 2. The van der Waals surface area contributed by atoms with Crippen LogP contribution in [0.2, 0.25) is 0 Å². The van der Waals surface area contributed by atoms with E-state index in [1.54, 1.807) is 6.07 Å². The number of aromatic nitrogens is 2. The predicted octanol–water partition coefficient (Wildman–Crippen LogP) is 4.31. The summed E-state index contributed by atoms with van der Waals surface area (Å²) in [6.45, 7) is 2.19. The molecule has 0 bridgehead atoms. The minimum absolute atomic E-state index is 0.134. The fourth-order valence-electron chi connectivity index (χ4n) is 2.30. The number of benzene rings is 2. The van der Waals surface area contributed by atoms with Gasteiger partial charge in [0, 0.05) is 11.4 Å². The van der Waals surface area contributed by atoms with Gasteiger partial charge in [0.1, 0.15) is 0 Å². The van der Waals surface area contributed by atoms with E-state index in [-0.39, 0.29) is 5.56 Å². The average molecular weight is 325 g/mol. The zero-order valence-corrected chi connectivity index (χ0v) is 13.8. The lowest BCUT2D eigenvalue weighted by molar-refractivity contribution is 1.10. The van der Waals surface area contributed by atoms with Crippen LogP contribution in [0.3, 0.4) is 0 Å². The van der Waals surface area contributed by atoms with Gasteiger partial charge in [-0.15, -0.1) is 0 Å². The molecule has 0 radical (unpaired) electrons. The van der Waals surface area contributed by atoms with Crippen molar-refractivity contribution in [1.82, 2.24) is 9.97 Å². The Morgan fingerprint density at radius 1 is 1.13 bits per heavy atom. The Balaban J connectivity index is 1.75. The second kappa shape index (κ2) is 7.33. The Bertz CT molecular complexity index is 843. The van der Waals surface area contributed by atoms with Crippen LogP contribution < -0.4 is 10.9 Å². The fourth-order valence-corrected chi connectivity index (χ4v) is 3.16. The van der Waals surface area contributed by atoms with Crippen LogP contribution in [0.25, 0.3) is 10.9 Å². The molecule has 4 nitrogen and oxygen atoms in total. The van der Waals surface area contributed by atoms with Gasteiger partial charge in [0.2, 0.25) is 5.95 Å². The van der Waals surface area contributed by atoms with Crippen LogP contribution in [-0.2, 0) is 5.75 Å². The van der Waals surface area contributed by atoms with Crippen LogP contribution >= 0.6 is 11.8 Å². The van der Waals surface area contributed by atoms with E-state index in [0.717, 1.165) is 11.4 Å². The molecule has 5 heteroatoms. The van der Waals surface area contributed by atoms with Crippen molar-refractivity contribution in [3.8, 4) is 0 Å². The number of nitrogens with zero attached hydrogens (tertiary/aromatic N) is 1. The van der Waals surface area contributed by atoms with E-state index in [0.29, 0.717) is 16.9 Å². The van der Waals surface area contributed by atoms with E-state index in [1.165, 1.54) is 17.7 Å². The second-order valence-electron chi connectivity index (χ2n) is 5.31. The summed E-state index contributed by atoms with van der Waals surface area (Å²) in [7, 11) is 0. The molecule has 23 heavy (non-hydrogen) atoms. The summed E-state index contributed by atoms with van der Waals surface area (Å²) < 4.78 is 0. The van der Waals surface area contributed by atoms with Crippen LogP contribution in [0, 0.1) is 0 Å². The Morgan fingerprint density at radius 3 is 2.70 bits per heavy atom. The van der Waals surface area contributed by atoms with Crippen molar-refractivity contribution < 1.29 is 0 Å². The molecule has 1 aromatic heterocycles. The first-order chi connectivity index (χ1) is 11.3. The number of hydrogen-bond donors (Lipinski definition) is 2. The number of rotatable bonds is 6. The first kappa shape index (κ1) is 15.6. The third kappa shape index (κ3) is 3.93. The lowest BCUT2D eigenvalue weighted by Crippen LogP contribution is -2.11. The molecule has 2 N–H and O–H groups in total. The van der Waals surface area contributed by atoms with Gasteiger partial charge in [-0.25, -0.2) is 4.98 Å². The van der Waals surface area contributed by atoms with Gasteiger partial charge in [-0.2, -0.15) is 11.8 Å². The third-order valence-corrected chi connectivity index (χ3v) is 4.68. The fraction of sp³-hybridized carbons (Fsp3) is 0.222. The summed E-state index contributed by atoms with van der Waals surface area (Å²) in [5.41, 5.74) is 2.76. The molecule has 1 heterocycles. The molecule has 0 spiro atoms. The first-order valence-corrected chi connectivity index (χ1v) is 8.84. The number of aromatic amines is 1. The van der Waals surface area contributed by atoms with Gasteiger partial charge in [0.25, 0.3) is 5.56 Å². The van der Waals surface area contributed by atoms with Crippen LogP contribution in [0.5, 0.6) is 0 Å². The van der Waals surface area contributed by atoms with E-state index in [4.69, 9.17) is 0 Å². The van der Waals surface area contributed by atoms with Crippen LogP contribution in [-0.4, -0.2) is 15.7 Å². The molecule has 0 saturated carbocycles. The zero-order chi connectivity index (χ0) is 16.1. The summed E-state index contributed by atoms with van der Waals surface area (Å²) in [5.74, 6) is 2.67. The van der Waals surface area contributed by atoms with Crippen molar-refractivity contribution in [2.45, 2.75) is 19.1 Å². The number of H-pyrrole nitrogens is 1. The summed E-state index contributed by atoms with van der Waals surface area (Å²) in [6.07, 6.45) is 1.20.